The molecule has 2 aromatic rings. The summed E-state index contributed by atoms with van der Waals surface area (Å²) in [5.41, 5.74) is 12.6. The molecule has 1 aromatic heterocycles. The van der Waals surface area contributed by atoms with E-state index in [4.69, 9.17) is 16.7 Å². The Morgan fingerprint density at radius 1 is 1.29 bits per heavy atom. The van der Waals surface area contributed by atoms with Crippen LogP contribution in [0.3, 0.4) is 0 Å². The van der Waals surface area contributed by atoms with Gasteiger partial charge in [-0.25, -0.2) is 0 Å². The molecule has 1 amide bonds. The van der Waals surface area contributed by atoms with Crippen molar-refractivity contribution in [1.82, 2.24) is 4.57 Å². The number of amides is 1. The Bertz CT molecular complexity index is 622. The van der Waals surface area contributed by atoms with Crippen molar-refractivity contribution >= 4 is 11.6 Å². The largest absolute Gasteiger partial charge is 0.396 e. The predicted octanol–water partition coefficient (Wildman–Crippen LogP) is 1.03. The third-order valence-corrected chi connectivity index (χ3v) is 2.47. The van der Waals surface area contributed by atoms with Gasteiger partial charge in [0.2, 0.25) is 0 Å². The minimum Gasteiger partial charge on any atom is -0.396 e. The lowest BCUT2D eigenvalue weighted by Gasteiger charge is -2.10. The molecule has 0 saturated carbocycles. The zero-order valence-corrected chi connectivity index (χ0v) is 8.92. The molecule has 2 rings (SSSR count). The van der Waals surface area contributed by atoms with E-state index in [9.17, 15) is 4.79 Å². The Morgan fingerprint density at radius 3 is 2.71 bits per heavy atom. The van der Waals surface area contributed by atoms with Gasteiger partial charge in [0.15, 0.2) is 0 Å². The fraction of sp³-hybridized carbons (Fsp3) is 0. The lowest BCUT2D eigenvalue weighted by atomic mass is 10.1. The summed E-state index contributed by atoms with van der Waals surface area (Å²) in [4.78, 5) is 11.2. The number of carbonyl (C=O) groups is 1. The van der Waals surface area contributed by atoms with Gasteiger partial charge in [0.05, 0.1) is 16.9 Å². The van der Waals surface area contributed by atoms with Gasteiger partial charge in [-0.1, -0.05) is 6.07 Å². The fourth-order valence-corrected chi connectivity index (χ4v) is 1.66. The molecule has 0 saturated heterocycles. The van der Waals surface area contributed by atoms with Crippen LogP contribution in [0.25, 0.3) is 5.69 Å². The molecule has 1 heterocycles. The molecule has 17 heavy (non-hydrogen) atoms. The van der Waals surface area contributed by atoms with Crippen LogP contribution in [0, 0.1) is 11.3 Å². The number of benzene rings is 1. The second-order valence-electron chi connectivity index (χ2n) is 3.48. The molecule has 4 N–H and O–H groups in total. The first-order chi connectivity index (χ1) is 8.15. The van der Waals surface area contributed by atoms with Crippen LogP contribution in [0.1, 0.15) is 16.1 Å². The number of aromatic nitrogens is 1. The topological polar surface area (TPSA) is 97.8 Å². The van der Waals surface area contributed by atoms with Crippen molar-refractivity contribution in [3.63, 3.8) is 0 Å². The number of carbonyl (C=O) groups excluding carboxylic acids is 1. The van der Waals surface area contributed by atoms with Gasteiger partial charge >= 0.3 is 0 Å². The first-order valence-corrected chi connectivity index (χ1v) is 4.91. The molecule has 0 radical (unpaired) electrons. The number of rotatable bonds is 2. The highest BCUT2D eigenvalue weighted by atomic mass is 16.1. The fourth-order valence-electron chi connectivity index (χ4n) is 1.66. The lowest BCUT2D eigenvalue weighted by Crippen LogP contribution is -2.15. The summed E-state index contributed by atoms with van der Waals surface area (Å²) >= 11 is 0. The molecule has 1 aromatic carbocycles. The van der Waals surface area contributed by atoms with Crippen LogP contribution in [-0.4, -0.2) is 10.5 Å². The van der Waals surface area contributed by atoms with E-state index >= 15 is 0 Å². The molecule has 0 aliphatic carbocycles. The van der Waals surface area contributed by atoms with Gasteiger partial charge in [-0.3, -0.25) is 4.79 Å². The van der Waals surface area contributed by atoms with E-state index in [-0.39, 0.29) is 11.3 Å². The third kappa shape index (κ3) is 1.72. The third-order valence-electron chi connectivity index (χ3n) is 2.47. The summed E-state index contributed by atoms with van der Waals surface area (Å²) in [6.07, 6.45) is 1.70. The van der Waals surface area contributed by atoms with E-state index in [1.54, 1.807) is 41.1 Å². The molecule has 0 aliphatic heterocycles. The molecule has 0 unspecified atom stereocenters. The second kappa shape index (κ2) is 4.02. The van der Waals surface area contributed by atoms with Crippen molar-refractivity contribution in [3.8, 4) is 11.8 Å². The molecular weight excluding hydrogens is 216 g/mol. The average molecular weight is 226 g/mol. The van der Waals surface area contributed by atoms with Crippen LogP contribution in [0.4, 0.5) is 5.69 Å². The number of nitrogens with two attached hydrogens (primary N) is 2. The number of nitriles is 1. The van der Waals surface area contributed by atoms with Gasteiger partial charge in [-0.15, -0.1) is 0 Å². The smallest absolute Gasteiger partial charge is 0.250 e. The van der Waals surface area contributed by atoms with Crippen molar-refractivity contribution in [1.29, 1.82) is 5.26 Å². The van der Waals surface area contributed by atoms with E-state index in [1.165, 1.54) is 0 Å². The highest BCUT2D eigenvalue weighted by Gasteiger charge is 2.12. The Labute approximate surface area is 97.9 Å². The van der Waals surface area contributed by atoms with Gasteiger partial charge in [-0.2, -0.15) is 5.26 Å². The summed E-state index contributed by atoms with van der Waals surface area (Å²) in [5.74, 6) is -0.588. The molecule has 0 aliphatic rings. The Morgan fingerprint density at radius 2 is 2.06 bits per heavy atom. The molecule has 84 valence electrons. The second-order valence-corrected chi connectivity index (χ2v) is 3.48. The minimum absolute atomic E-state index is 0.250. The number of nitrogen functional groups attached to an aromatic ring is 1. The summed E-state index contributed by atoms with van der Waals surface area (Å²) in [6, 6.07) is 10.4. The summed E-state index contributed by atoms with van der Waals surface area (Å²) in [6.45, 7) is 0. The Balaban J connectivity index is 2.66. The van der Waals surface area contributed by atoms with Gasteiger partial charge in [-0.05, 0) is 24.3 Å². The summed E-state index contributed by atoms with van der Waals surface area (Å²) in [7, 11) is 0. The number of nitrogens with zero attached hydrogens (tertiary/aromatic N) is 2. The number of anilines is 1. The SMILES string of the molecule is N#Cc1cccn1-c1cccc(C(N)=O)c1N. The number of hydrogen-bond acceptors (Lipinski definition) is 3. The van der Waals surface area contributed by atoms with Gasteiger partial charge in [0.1, 0.15) is 11.8 Å². The zero-order chi connectivity index (χ0) is 12.4. The van der Waals surface area contributed by atoms with Crippen LogP contribution < -0.4 is 11.5 Å². The molecule has 5 nitrogen and oxygen atoms in total. The quantitative estimate of drug-likeness (QED) is 0.748. The van der Waals surface area contributed by atoms with Crippen molar-refractivity contribution < 1.29 is 4.79 Å². The predicted molar refractivity (Wildman–Crippen MR) is 63.4 cm³/mol. The highest BCUT2D eigenvalue weighted by molar-refractivity contribution is 5.99. The van der Waals surface area contributed by atoms with E-state index < -0.39 is 5.91 Å². The Kier molecular flexibility index (Phi) is 2.55. The number of primary amides is 1. The van der Waals surface area contributed by atoms with E-state index in [2.05, 4.69) is 0 Å². The van der Waals surface area contributed by atoms with Crippen molar-refractivity contribution in [3.05, 3.63) is 47.8 Å². The summed E-state index contributed by atoms with van der Waals surface area (Å²) < 4.78 is 1.61. The average Bonchev–Trinajstić information content (AvgIpc) is 2.76. The molecule has 0 atom stereocenters. The van der Waals surface area contributed by atoms with E-state index in [0.29, 0.717) is 11.4 Å². The molecular formula is C12H10N4O. The van der Waals surface area contributed by atoms with Crippen LogP contribution >= 0.6 is 0 Å². The Hall–Kier alpha value is -2.74. The minimum atomic E-state index is -0.588. The maximum Gasteiger partial charge on any atom is 0.250 e. The molecule has 0 bridgehead atoms. The van der Waals surface area contributed by atoms with Gasteiger partial charge in [0.25, 0.3) is 5.91 Å². The normalized spacial score (nSPS) is 9.82. The molecule has 5 heteroatoms. The number of hydrogen-bond donors (Lipinski definition) is 2. The monoisotopic (exact) mass is 226 g/mol. The van der Waals surface area contributed by atoms with E-state index in [0.717, 1.165) is 0 Å². The maximum absolute atomic E-state index is 11.2. The first-order valence-electron chi connectivity index (χ1n) is 4.91. The van der Waals surface area contributed by atoms with Crippen molar-refractivity contribution in [2.75, 3.05) is 5.73 Å². The number of para-hydroxylation sites is 1. The van der Waals surface area contributed by atoms with Gasteiger partial charge < -0.3 is 16.0 Å². The van der Waals surface area contributed by atoms with Crippen molar-refractivity contribution in [2.45, 2.75) is 0 Å². The van der Waals surface area contributed by atoms with Gasteiger partial charge in [0, 0.05) is 6.20 Å². The first kappa shape index (κ1) is 10.8. The molecule has 0 spiro atoms. The van der Waals surface area contributed by atoms with Crippen LogP contribution in [0.2, 0.25) is 0 Å². The zero-order valence-electron chi connectivity index (χ0n) is 8.92. The maximum atomic E-state index is 11.2. The highest BCUT2D eigenvalue weighted by Crippen LogP contribution is 2.22. The summed E-state index contributed by atoms with van der Waals surface area (Å²) in [5, 5.41) is 8.93. The lowest BCUT2D eigenvalue weighted by molar-refractivity contribution is 0.100. The molecule has 0 fully saturated rings. The van der Waals surface area contributed by atoms with Crippen LogP contribution in [0.15, 0.2) is 36.5 Å². The van der Waals surface area contributed by atoms with Crippen LogP contribution in [0.5, 0.6) is 0 Å². The van der Waals surface area contributed by atoms with E-state index in [1.807, 2.05) is 6.07 Å². The van der Waals surface area contributed by atoms with Crippen molar-refractivity contribution in [2.24, 2.45) is 5.73 Å². The standard InChI is InChI=1S/C12H10N4O/c13-7-8-3-2-6-16(8)10-5-1-4-9(11(10)14)12(15)17/h1-6H,14H2,(H2,15,17). The van der Waals surface area contributed by atoms with Crippen LogP contribution in [-0.2, 0) is 0 Å².